The Morgan fingerprint density at radius 2 is 2.24 bits per heavy atom. The van der Waals surface area contributed by atoms with Gasteiger partial charge in [-0.15, -0.1) is 0 Å². The number of carbonyl (C=O) groups excluding carboxylic acids is 1. The fraction of sp³-hybridized carbons (Fsp3) is 0.588. The first-order valence-corrected chi connectivity index (χ1v) is 7.65. The summed E-state index contributed by atoms with van der Waals surface area (Å²) < 4.78 is 5.63. The van der Waals surface area contributed by atoms with Crippen molar-refractivity contribution in [1.29, 1.82) is 0 Å². The number of rotatable bonds is 5. The van der Waals surface area contributed by atoms with Crippen LogP contribution < -0.4 is 10.1 Å². The van der Waals surface area contributed by atoms with Crippen molar-refractivity contribution in [2.24, 2.45) is 11.8 Å². The second-order valence-corrected chi connectivity index (χ2v) is 6.20. The minimum absolute atomic E-state index is 0.0481. The van der Waals surface area contributed by atoms with E-state index < -0.39 is 5.60 Å². The monoisotopic (exact) mass is 291 g/mol. The average molecular weight is 291 g/mol. The number of para-hydroxylation sites is 1. The van der Waals surface area contributed by atoms with Crippen molar-refractivity contribution in [3.05, 3.63) is 29.8 Å². The summed E-state index contributed by atoms with van der Waals surface area (Å²) in [7, 11) is 0. The van der Waals surface area contributed by atoms with Crippen molar-refractivity contribution >= 4 is 5.91 Å². The van der Waals surface area contributed by atoms with E-state index in [1.807, 2.05) is 38.1 Å². The highest BCUT2D eigenvalue weighted by atomic mass is 16.5. The largest absolute Gasteiger partial charge is 0.492 e. The van der Waals surface area contributed by atoms with E-state index in [1.54, 1.807) is 6.92 Å². The molecular weight excluding hydrogens is 266 g/mol. The number of hydrogen-bond donors (Lipinski definition) is 2. The van der Waals surface area contributed by atoms with Crippen LogP contribution in [0.5, 0.6) is 5.75 Å². The summed E-state index contributed by atoms with van der Waals surface area (Å²) in [4.78, 5) is 12.3. The minimum Gasteiger partial charge on any atom is -0.492 e. The molecule has 4 heteroatoms. The molecule has 1 aliphatic heterocycles. The molecule has 1 aromatic carbocycles. The summed E-state index contributed by atoms with van der Waals surface area (Å²) >= 11 is 0. The topological polar surface area (TPSA) is 58.6 Å². The molecule has 0 saturated heterocycles. The third-order valence-corrected chi connectivity index (χ3v) is 4.54. The summed E-state index contributed by atoms with van der Waals surface area (Å²) in [6, 6.07) is 7.81. The highest BCUT2D eigenvalue weighted by Gasteiger charge is 2.30. The zero-order chi connectivity index (χ0) is 15.5. The van der Waals surface area contributed by atoms with Crippen LogP contribution in [0.15, 0.2) is 24.3 Å². The molecule has 1 aromatic rings. The van der Waals surface area contributed by atoms with Crippen molar-refractivity contribution in [1.82, 2.24) is 5.32 Å². The summed E-state index contributed by atoms with van der Waals surface area (Å²) in [6.45, 7) is 6.47. The Morgan fingerprint density at radius 1 is 1.52 bits per heavy atom. The lowest BCUT2D eigenvalue weighted by atomic mass is 9.88. The van der Waals surface area contributed by atoms with Gasteiger partial charge in [-0.2, -0.15) is 0 Å². The van der Waals surface area contributed by atoms with E-state index in [4.69, 9.17) is 4.74 Å². The van der Waals surface area contributed by atoms with Gasteiger partial charge in [0, 0.05) is 6.54 Å². The fourth-order valence-electron chi connectivity index (χ4n) is 2.52. The third-order valence-electron chi connectivity index (χ3n) is 4.54. The molecule has 3 unspecified atom stereocenters. The van der Waals surface area contributed by atoms with E-state index in [9.17, 15) is 9.90 Å². The van der Waals surface area contributed by atoms with Gasteiger partial charge in [0.25, 0.3) is 0 Å². The number of fused-ring (bicyclic) bond motifs is 1. The molecule has 0 bridgehead atoms. The number of aliphatic hydroxyl groups is 1. The Balaban J connectivity index is 1.91. The number of amides is 1. The fourth-order valence-corrected chi connectivity index (χ4v) is 2.52. The Bertz CT molecular complexity index is 499. The molecule has 0 spiro atoms. The first kappa shape index (κ1) is 15.8. The number of nitrogens with one attached hydrogen (secondary N) is 1. The highest BCUT2D eigenvalue weighted by Crippen LogP contribution is 2.27. The Hall–Kier alpha value is -1.55. The molecular formula is C17H25NO3. The van der Waals surface area contributed by atoms with Crippen molar-refractivity contribution in [3.63, 3.8) is 0 Å². The van der Waals surface area contributed by atoms with Gasteiger partial charge < -0.3 is 15.2 Å². The molecule has 0 aliphatic carbocycles. The Labute approximate surface area is 126 Å². The molecule has 4 nitrogen and oxygen atoms in total. The lowest BCUT2D eigenvalue weighted by Crippen LogP contribution is -2.47. The van der Waals surface area contributed by atoms with E-state index in [0.29, 0.717) is 13.0 Å². The van der Waals surface area contributed by atoms with Gasteiger partial charge in [0.2, 0.25) is 5.91 Å². The van der Waals surface area contributed by atoms with E-state index in [2.05, 4.69) is 5.32 Å². The van der Waals surface area contributed by atoms with Crippen molar-refractivity contribution in [2.75, 3.05) is 13.2 Å². The van der Waals surface area contributed by atoms with Crippen LogP contribution in [-0.4, -0.2) is 29.8 Å². The molecule has 0 fully saturated rings. The maximum absolute atomic E-state index is 12.3. The van der Waals surface area contributed by atoms with Crippen LogP contribution in [-0.2, 0) is 11.2 Å². The molecule has 3 atom stereocenters. The van der Waals surface area contributed by atoms with Gasteiger partial charge in [-0.1, -0.05) is 38.5 Å². The van der Waals surface area contributed by atoms with Crippen LogP contribution >= 0.6 is 0 Å². The van der Waals surface area contributed by atoms with Crippen LogP contribution in [0.4, 0.5) is 0 Å². The van der Waals surface area contributed by atoms with E-state index >= 15 is 0 Å². The number of ether oxygens (including phenoxy) is 1. The number of carbonyl (C=O) groups is 1. The Kier molecular flexibility index (Phi) is 4.88. The van der Waals surface area contributed by atoms with E-state index in [1.165, 1.54) is 0 Å². The molecule has 0 aromatic heterocycles. The maximum atomic E-state index is 12.3. The SMILES string of the molecule is CCC(C)C(C)(O)CNC(=O)C1COc2ccccc2C1. The summed E-state index contributed by atoms with van der Waals surface area (Å²) in [5, 5.41) is 13.2. The normalized spacial score (nSPS) is 21.6. The maximum Gasteiger partial charge on any atom is 0.226 e. The van der Waals surface area contributed by atoms with E-state index in [-0.39, 0.29) is 24.3 Å². The van der Waals surface area contributed by atoms with Crippen molar-refractivity contribution in [3.8, 4) is 5.75 Å². The zero-order valence-corrected chi connectivity index (χ0v) is 13.1. The predicted molar refractivity (Wildman–Crippen MR) is 82.2 cm³/mol. The quantitative estimate of drug-likeness (QED) is 0.874. The lowest BCUT2D eigenvalue weighted by molar-refractivity contribution is -0.127. The molecule has 1 amide bonds. The first-order chi connectivity index (χ1) is 9.94. The molecule has 1 aliphatic rings. The molecule has 21 heavy (non-hydrogen) atoms. The second kappa shape index (κ2) is 6.48. The van der Waals surface area contributed by atoms with Crippen LogP contribution in [0.3, 0.4) is 0 Å². The van der Waals surface area contributed by atoms with Crippen LogP contribution in [0.2, 0.25) is 0 Å². The van der Waals surface area contributed by atoms with E-state index in [0.717, 1.165) is 17.7 Å². The van der Waals surface area contributed by atoms with Gasteiger partial charge in [0.15, 0.2) is 0 Å². The number of hydrogen-bond acceptors (Lipinski definition) is 3. The second-order valence-electron chi connectivity index (χ2n) is 6.20. The van der Waals surface area contributed by atoms with Crippen LogP contribution in [0.25, 0.3) is 0 Å². The molecule has 0 radical (unpaired) electrons. The van der Waals surface area contributed by atoms with Gasteiger partial charge in [0.1, 0.15) is 12.4 Å². The predicted octanol–water partition coefficient (Wildman–Crippen LogP) is 2.15. The summed E-state index contributed by atoms with van der Waals surface area (Å²) in [5.41, 5.74) is 0.190. The molecule has 0 saturated carbocycles. The molecule has 2 N–H and O–H groups in total. The average Bonchev–Trinajstić information content (AvgIpc) is 2.51. The molecule has 116 valence electrons. The lowest BCUT2D eigenvalue weighted by Gasteiger charge is -2.31. The van der Waals surface area contributed by atoms with Crippen LogP contribution in [0.1, 0.15) is 32.8 Å². The summed E-state index contributed by atoms with van der Waals surface area (Å²) in [5.74, 6) is 0.773. The first-order valence-electron chi connectivity index (χ1n) is 7.65. The van der Waals surface area contributed by atoms with Crippen molar-refractivity contribution in [2.45, 2.75) is 39.2 Å². The zero-order valence-electron chi connectivity index (χ0n) is 13.1. The van der Waals surface area contributed by atoms with Crippen LogP contribution in [0, 0.1) is 11.8 Å². The Morgan fingerprint density at radius 3 is 2.95 bits per heavy atom. The van der Waals surface area contributed by atoms with Gasteiger partial charge in [0.05, 0.1) is 11.5 Å². The van der Waals surface area contributed by atoms with Gasteiger partial charge in [-0.05, 0) is 30.9 Å². The smallest absolute Gasteiger partial charge is 0.226 e. The van der Waals surface area contributed by atoms with Gasteiger partial charge >= 0.3 is 0 Å². The van der Waals surface area contributed by atoms with Gasteiger partial charge in [-0.25, -0.2) is 0 Å². The van der Waals surface area contributed by atoms with Crippen molar-refractivity contribution < 1.29 is 14.6 Å². The number of benzene rings is 1. The minimum atomic E-state index is -0.877. The summed E-state index contributed by atoms with van der Waals surface area (Å²) in [6.07, 6.45) is 1.57. The molecule has 2 rings (SSSR count). The van der Waals surface area contributed by atoms with Gasteiger partial charge in [-0.3, -0.25) is 4.79 Å². The standard InChI is InChI=1S/C17H25NO3/c1-4-12(2)17(3,20)11-18-16(19)14-9-13-7-5-6-8-15(13)21-10-14/h5-8,12,14,20H,4,9-11H2,1-3H3,(H,18,19). The highest BCUT2D eigenvalue weighted by molar-refractivity contribution is 5.79. The third kappa shape index (κ3) is 3.76. The molecule has 1 heterocycles.